The van der Waals surface area contributed by atoms with Gasteiger partial charge in [0.2, 0.25) is 0 Å². The number of para-hydroxylation sites is 2. The summed E-state index contributed by atoms with van der Waals surface area (Å²) in [6, 6.07) is 9.32. The standard InChI is InChI=1S/C17H16N2O3S/c1-10-8-12(11(2)19(10)3)9-15(16(20)21)23-17-18-13-6-4-5-7-14(13)22-17/h4-9H,1-3H3,(H,20,21)/b15-9+. The number of aromatic nitrogens is 2. The average Bonchev–Trinajstić information content (AvgIpc) is 3.03. The molecule has 0 amide bonds. The highest BCUT2D eigenvalue weighted by Gasteiger charge is 2.16. The zero-order valence-corrected chi connectivity index (χ0v) is 13.8. The predicted octanol–water partition coefficient (Wildman–Crippen LogP) is 4.00. The fourth-order valence-electron chi connectivity index (χ4n) is 2.30. The molecular formula is C17H16N2O3S. The van der Waals surface area contributed by atoms with E-state index in [1.54, 1.807) is 12.1 Å². The van der Waals surface area contributed by atoms with Gasteiger partial charge in [0.05, 0.1) is 0 Å². The van der Waals surface area contributed by atoms with Gasteiger partial charge in [0.25, 0.3) is 5.22 Å². The molecule has 1 aromatic carbocycles. The first kappa shape index (κ1) is 15.4. The highest BCUT2D eigenvalue weighted by molar-refractivity contribution is 8.03. The van der Waals surface area contributed by atoms with Crippen LogP contribution in [0.5, 0.6) is 0 Å². The number of hydrogen-bond donors (Lipinski definition) is 1. The van der Waals surface area contributed by atoms with Crippen LogP contribution in [-0.4, -0.2) is 20.6 Å². The molecule has 2 aromatic heterocycles. The lowest BCUT2D eigenvalue weighted by Gasteiger charge is -2.01. The first-order chi connectivity index (χ1) is 11.0. The van der Waals surface area contributed by atoms with Gasteiger partial charge in [0.1, 0.15) is 10.4 Å². The minimum absolute atomic E-state index is 0.172. The van der Waals surface area contributed by atoms with Crippen LogP contribution in [0.4, 0.5) is 0 Å². The largest absolute Gasteiger partial charge is 0.477 e. The minimum Gasteiger partial charge on any atom is -0.477 e. The Labute approximate surface area is 137 Å². The highest BCUT2D eigenvalue weighted by Crippen LogP contribution is 2.31. The van der Waals surface area contributed by atoms with Gasteiger partial charge in [-0.1, -0.05) is 12.1 Å². The summed E-state index contributed by atoms with van der Waals surface area (Å²) in [4.78, 5) is 16.0. The van der Waals surface area contributed by atoms with Crippen molar-refractivity contribution < 1.29 is 14.3 Å². The third-order valence-corrected chi connectivity index (χ3v) is 4.64. The Hall–Kier alpha value is -2.47. The van der Waals surface area contributed by atoms with Crippen molar-refractivity contribution in [2.24, 2.45) is 7.05 Å². The molecule has 0 aliphatic carbocycles. The van der Waals surface area contributed by atoms with Gasteiger partial charge in [-0.25, -0.2) is 9.78 Å². The fourth-order valence-corrected chi connectivity index (χ4v) is 3.03. The topological polar surface area (TPSA) is 68.3 Å². The third kappa shape index (κ3) is 3.03. The lowest BCUT2D eigenvalue weighted by Crippen LogP contribution is -1.97. The lowest BCUT2D eigenvalue weighted by atomic mass is 10.2. The molecule has 0 aliphatic rings. The van der Waals surface area contributed by atoms with E-state index in [0.717, 1.165) is 28.7 Å². The molecule has 0 atom stereocenters. The van der Waals surface area contributed by atoms with E-state index in [4.69, 9.17) is 4.42 Å². The van der Waals surface area contributed by atoms with Crippen molar-refractivity contribution in [2.75, 3.05) is 0 Å². The number of nitrogens with zero attached hydrogens (tertiary/aromatic N) is 2. The van der Waals surface area contributed by atoms with E-state index in [9.17, 15) is 9.90 Å². The van der Waals surface area contributed by atoms with Crippen LogP contribution in [0, 0.1) is 13.8 Å². The van der Waals surface area contributed by atoms with E-state index < -0.39 is 5.97 Å². The zero-order valence-electron chi connectivity index (χ0n) is 13.0. The number of aryl methyl sites for hydroxylation is 1. The zero-order chi connectivity index (χ0) is 16.6. The van der Waals surface area contributed by atoms with Crippen LogP contribution in [0.1, 0.15) is 17.0 Å². The van der Waals surface area contributed by atoms with Gasteiger partial charge in [-0.2, -0.15) is 0 Å². The van der Waals surface area contributed by atoms with E-state index in [1.807, 2.05) is 49.7 Å². The Morgan fingerprint density at radius 2 is 2.09 bits per heavy atom. The number of rotatable bonds is 4. The molecule has 0 bridgehead atoms. The van der Waals surface area contributed by atoms with Crippen molar-refractivity contribution in [1.82, 2.24) is 9.55 Å². The van der Waals surface area contributed by atoms with Gasteiger partial charge < -0.3 is 14.1 Å². The number of hydrogen-bond acceptors (Lipinski definition) is 4. The van der Waals surface area contributed by atoms with Crippen LogP contribution in [0.15, 0.2) is 44.9 Å². The normalized spacial score (nSPS) is 12.0. The molecule has 0 spiro atoms. The number of carbonyl (C=O) groups is 1. The monoisotopic (exact) mass is 328 g/mol. The van der Waals surface area contributed by atoms with Gasteiger partial charge in [-0.15, -0.1) is 0 Å². The van der Waals surface area contributed by atoms with Crippen molar-refractivity contribution >= 4 is 34.9 Å². The molecule has 0 fully saturated rings. The van der Waals surface area contributed by atoms with Gasteiger partial charge in [-0.05, 0) is 55.4 Å². The van der Waals surface area contributed by atoms with Gasteiger partial charge >= 0.3 is 5.97 Å². The van der Waals surface area contributed by atoms with Crippen LogP contribution >= 0.6 is 11.8 Å². The summed E-state index contributed by atoms with van der Waals surface area (Å²) < 4.78 is 7.61. The summed E-state index contributed by atoms with van der Waals surface area (Å²) in [6.07, 6.45) is 1.66. The van der Waals surface area contributed by atoms with E-state index in [2.05, 4.69) is 4.98 Å². The van der Waals surface area contributed by atoms with Gasteiger partial charge in [0, 0.05) is 18.4 Å². The number of fused-ring (bicyclic) bond motifs is 1. The Bertz CT molecular complexity index is 888. The molecule has 118 valence electrons. The minimum atomic E-state index is -1.00. The SMILES string of the molecule is Cc1cc(/C=C(/Sc2nc3ccccc3o2)C(=O)O)c(C)n1C. The summed E-state index contributed by atoms with van der Waals surface area (Å²) in [5.41, 5.74) is 4.33. The first-order valence-corrected chi connectivity index (χ1v) is 7.88. The second-order valence-corrected chi connectivity index (χ2v) is 6.24. The number of carboxylic acid groups (broad SMARTS) is 1. The van der Waals surface area contributed by atoms with Gasteiger partial charge in [0.15, 0.2) is 5.58 Å². The molecule has 0 saturated heterocycles. The van der Waals surface area contributed by atoms with Crippen molar-refractivity contribution in [2.45, 2.75) is 19.1 Å². The van der Waals surface area contributed by atoms with Crippen LogP contribution in [-0.2, 0) is 11.8 Å². The maximum absolute atomic E-state index is 11.6. The second kappa shape index (κ2) is 5.96. The summed E-state index contributed by atoms with van der Waals surface area (Å²) in [7, 11) is 1.95. The Morgan fingerprint density at radius 3 is 2.70 bits per heavy atom. The fraction of sp³-hybridized carbons (Fsp3) is 0.176. The van der Waals surface area contributed by atoms with Gasteiger partial charge in [-0.3, -0.25) is 0 Å². The second-order valence-electron chi connectivity index (χ2n) is 5.25. The molecule has 6 heteroatoms. The van der Waals surface area contributed by atoms with Crippen molar-refractivity contribution in [3.8, 4) is 0 Å². The lowest BCUT2D eigenvalue weighted by molar-refractivity contribution is -0.131. The highest BCUT2D eigenvalue weighted by atomic mass is 32.2. The maximum atomic E-state index is 11.6. The molecule has 0 saturated carbocycles. The molecule has 2 heterocycles. The van der Waals surface area contributed by atoms with Crippen LogP contribution < -0.4 is 0 Å². The molecule has 0 radical (unpaired) electrons. The summed E-state index contributed by atoms with van der Waals surface area (Å²) in [5, 5.41) is 9.80. The third-order valence-electron chi connectivity index (χ3n) is 3.78. The number of oxazole rings is 1. The summed E-state index contributed by atoms with van der Waals surface area (Å²) in [6.45, 7) is 3.95. The summed E-state index contributed by atoms with van der Waals surface area (Å²) >= 11 is 1.02. The average molecular weight is 328 g/mol. The predicted molar refractivity (Wildman–Crippen MR) is 90.4 cm³/mol. The van der Waals surface area contributed by atoms with E-state index in [-0.39, 0.29) is 4.91 Å². The molecule has 23 heavy (non-hydrogen) atoms. The molecular weight excluding hydrogens is 312 g/mol. The van der Waals surface area contributed by atoms with Crippen LogP contribution in [0.3, 0.4) is 0 Å². The molecule has 1 N–H and O–H groups in total. The smallest absolute Gasteiger partial charge is 0.342 e. The van der Waals surface area contributed by atoms with Crippen molar-refractivity contribution in [3.05, 3.63) is 52.2 Å². The summed E-state index contributed by atoms with van der Waals surface area (Å²) in [5.74, 6) is -1.00. The number of aliphatic carboxylic acids is 1. The number of benzene rings is 1. The van der Waals surface area contributed by atoms with Crippen LogP contribution in [0.25, 0.3) is 17.2 Å². The van der Waals surface area contributed by atoms with Crippen molar-refractivity contribution in [3.63, 3.8) is 0 Å². The number of thioether (sulfide) groups is 1. The maximum Gasteiger partial charge on any atom is 0.342 e. The molecule has 3 aromatic rings. The Morgan fingerprint density at radius 1 is 1.35 bits per heavy atom. The quantitative estimate of drug-likeness (QED) is 0.579. The van der Waals surface area contributed by atoms with E-state index in [0.29, 0.717) is 16.3 Å². The first-order valence-electron chi connectivity index (χ1n) is 7.07. The molecule has 0 aliphatic heterocycles. The Balaban J connectivity index is 1.97. The number of carboxylic acids is 1. The molecule has 5 nitrogen and oxygen atoms in total. The van der Waals surface area contributed by atoms with E-state index >= 15 is 0 Å². The van der Waals surface area contributed by atoms with Crippen LogP contribution in [0.2, 0.25) is 0 Å². The molecule has 0 unspecified atom stereocenters. The van der Waals surface area contributed by atoms with E-state index in [1.165, 1.54) is 0 Å². The molecule has 3 rings (SSSR count). The Kier molecular flexibility index (Phi) is 4.00. The van der Waals surface area contributed by atoms with Crippen molar-refractivity contribution in [1.29, 1.82) is 0 Å².